The molecular weight excluding hydrogens is 362 g/mol. The number of benzene rings is 2. The fraction of sp³-hybridized carbons (Fsp3) is 0.333. The molecule has 0 unspecified atom stereocenters. The number of thiocarbonyl (C=S) groups is 1. The summed E-state index contributed by atoms with van der Waals surface area (Å²) in [5.41, 5.74) is 1.27. The van der Waals surface area contributed by atoms with Gasteiger partial charge in [-0.25, -0.2) is 4.79 Å². The molecule has 0 saturated carbocycles. The summed E-state index contributed by atoms with van der Waals surface area (Å²) < 4.78 is 16.5. The Bertz CT molecular complexity index is 791. The zero-order valence-corrected chi connectivity index (χ0v) is 16.4. The van der Waals surface area contributed by atoms with E-state index in [4.69, 9.17) is 26.4 Å². The largest absolute Gasteiger partial charge is 0.493 e. The van der Waals surface area contributed by atoms with E-state index in [1.54, 1.807) is 36.4 Å². The molecule has 1 fully saturated rings. The highest BCUT2D eigenvalue weighted by atomic mass is 32.1. The van der Waals surface area contributed by atoms with Crippen molar-refractivity contribution in [3.63, 3.8) is 0 Å². The first-order valence-corrected chi connectivity index (χ1v) is 9.37. The van der Waals surface area contributed by atoms with Crippen LogP contribution in [0, 0.1) is 0 Å². The summed E-state index contributed by atoms with van der Waals surface area (Å²) in [6.07, 6.45) is 3.52. The monoisotopic (exact) mass is 385 g/mol. The van der Waals surface area contributed by atoms with Gasteiger partial charge in [-0.15, -0.1) is 0 Å². The Morgan fingerprint density at radius 3 is 2.07 bits per heavy atom. The number of esters is 1. The van der Waals surface area contributed by atoms with E-state index in [0.29, 0.717) is 17.1 Å². The topological polar surface area (TPSA) is 48.0 Å². The average Bonchev–Trinajstić information content (AvgIpc) is 2.74. The van der Waals surface area contributed by atoms with E-state index in [0.717, 1.165) is 36.5 Å². The summed E-state index contributed by atoms with van der Waals surface area (Å²) in [5.74, 6) is 0.596. The summed E-state index contributed by atoms with van der Waals surface area (Å²) in [4.78, 5) is 15.4. The van der Waals surface area contributed by atoms with Gasteiger partial charge in [-0.2, -0.15) is 0 Å². The van der Waals surface area contributed by atoms with Gasteiger partial charge in [0.25, 0.3) is 0 Å². The lowest BCUT2D eigenvalue weighted by Crippen LogP contribution is -2.34. The van der Waals surface area contributed by atoms with Crippen LogP contribution < -0.4 is 14.2 Å². The molecule has 0 amide bonds. The predicted molar refractivity (Wildman–Crippen MR) is 108 cm³/mol. The predicted octanol–water partition coefficient (Wildman–Crippen LogP) is 4.08. The summed E-state index contributed by atoms with van der Waals surface area (Å²) >= 11 is 5.67. The molecule has 0 N–H and O–H groups in total. The van der Waals surface area contributed by atoms with Gasteiger partial charge in [0.15, 0.2) is 11.5 Å². The van der Waals surface area contributed by atoms with Gasteiger partial charge in [0.2, 0.25) is 5.75 Å². The summed E-state index contributed by atoms with van der Waals surface area (Å²) in [6.45, 7) is 1.91. The molecule has 0 radical (unpaired) electrons. The first-order valence-electron chi connectivity index (χ1n) is 8.96. The maximum Gasteiger partial charge on any atom is 0.343 e. The molecule has 0 spiro atoms. The molecule has 1 heterocycles. The third-order valence-electron chi connectivity index (χ3n) is 4.56. The van der Waals surface area contributed by atoms with Crippen molar-refractivity contribution >= 4 is 23.2 Å². The average molecular weight is 385 g/mol. The van der Waals surface area contributed by atoms with Gasteiger partial charge in [-0.3, -0.25) is 0 Å². The second-order valence-corrected chi connectivity index (χ2v) is 6.70. The number of likely N-dealkylation sites (tertiary alicyclic amines) is 1. The van der Waals surface area contributed by atoms with Crippen molar-refractivity contribution in [2.24, 2.45) is 0 Å². The molecular formula is C21H23NO4S. The Morgan fingerprint density at radius 1 is 0.926 bits per heavy atom. The van der Waals surface area contributed by atoms with Crippen molar-refractivity contribution in [1.29, 1.82) is 0 Å². The third kappa shape index (κ3) is 4.39. The lowest BCUT2D eigenvalue weighted by Gasteiger charge is -2.29. The van der Waals surface area contributed by atoms with Crippen molar-refractivity contribution in [2.45, 2.75) is 19.3 Å². The Morgan fingerprint density at radius 2 is 1.52 bits per heavy atom. The van der Waals surface area contributed by atoms with Gasteiger partial charge in [-0.05, 0) is 43.5 Å². The Labute approximate surface area is 164 Å². The van der Waals surface area contributed by atoms with Crippen LogP contribution in [-0.4, -0.2) is 43.2 Å². The minimum absolute atomic E-state index is 0.249. The van der Waals surface area contributed by atoms with E-state index in [9.17, 15) is 4.79 Å². The fourth-order valence-corrected chi connectivity index (χ4v) is 3.41. The molecule has 27 heavy (non-hydrogen) atoms. The number of hydrogen-bond donors (Lipinski definition) is 0. The van der Waals surface area contributed by atoms with Crippen LogP contribution in [0.2, 0.25) is 0 Å². The van der Waals surface area contributed by atoms with Gasteiger partial charge in [0.05, 0.1) is 19.8 Å². The second-order valence-electron chi connectivity index (χ2n) is 6.32. The molecule has 0 atom stereocenters. The highest BCUT2D eigenvalue weighted by Gasteiger charge is 2.22. The van der Waals surface area contributed by atoms with Crippen LogP contribution in [0.25, 0.3) is 0 Å². The first-order chi connectivity index (χ1) is 13.1. The second kappa shape index (κ2) is 8.86. The molecule has 142 valence electrons. The molecule has 0 aromatic heterocycles. The van der Waals surface area contributed by atoms with Crippen LogP contribution in [0.1, 0.15) is 35.2 Å². The third-order valence-corrected chi connectivity index (χ3v) is 5.05. The Hall–Kier alpha value is -2.60. The molecule has 3 rings (SSSR count). The van der Waals surface area contributed by atoms with Crippen molar-refractivity contribution in [1.82, 2.24) is 4.90 Å². The van der Waals surface area contributed by atoms with Gasteiger partial charge in [0, 0.05) is 18.7 Å². The number of piperidine rings is 1. The smallest absolute Gasteiger partial charge is 0.343 e. The van der Waals surface area contributed by atoms with Crippen LogP contribution in [0.15, 0.2) is 42.5 Å². The molecule has 1 saturated heterocycles. The summed E-state index contributed by atoms with van der Waals surface area (Å²) in [7, 11) is 3.06. The highest BCUT2D eigenvalue weighted by Crippen LogP contribution is 2.39. The standard InChI is InChI=1S/C21H23NO4S/c1-24-17-13-16(20(27)22-11-7-4-8-12-22)14-18(25-2)19(17)26-21(23)15-9-5-3-6-10-15/h3,5-6,9-10,13-14H,4,7-8,11-12H2,1-2H3. The highest BCUT2D eigenvalue weighted by molar-refractivity contribution is 7.80. The molecule has 2 aromatic rings. The van der Waals surface area contributed by atoms with E-state index in [1.165, 1.54) is 20.6 Å². The molecule has 6 heteroatoms. The zero-order valence-electron chi connectivity index (χ0n) is 15.6. The first kappa shape index (κ1) is 19.2. The van der Waals surface area contributed by atoms with Crippen LogP contribution in [0.3, 0.4) is 0 Å². The van der Waals surface area contributed by atoms with E-state index in [1.807, 2.05) is 6.07 Å². The fourth-order valence-electron chi connectivity index (χ4n) is 3.11. The van der Waals surface area contributed by atoms with Crippen LogP contribution in [-0.2, 0) is 0 Å². The number of nitrogens with zero attached hydrogens (tertiary/aromatic N) is 1. The molecule has 0 bridgehead atoms. The SMILES string of the molecule is COc1cc(C(=S)N2CCCCC2)cc(OC)c1OC(=O)c1ccccc1. The number of carbonyl (C=O) groups is 1. The van der Waals surface area contributed by atoms with E-state index < -0.39 is 5.97 Å². The van der Waals surface area contributed by atoms with E-state index >= 15 is 0 Å². The van der Waals surface area contributed by atoms with Crippen LogP contribution in [0.4, 0.5) is 0 Å². The van der Waals surface area contributed by atoms with Crippen LogP contribution in [0.5, 0.6) is 17.2 Å². The van der Waals surface area contributed by atoms with Crippen molar-refractivity contribution in [3.05, 3.63) is 53.6 Å². The minimum Gasteiger partial charge on any atom is -0.493 e. The number of hydrogen-bond acceptors (Lipinski definition) is 5. The van der Waals surface area contributed by atoms with Gasteiger partial charge >= 0.3 is 5.97 Å². The van der Waals surface area contributed by atoms with E-state index in [-0.39, 0.29) is 5.75 Å². The normalized spacial score (nSPS) is 13.8. The number of rotatable bonds is 5. The lowest BCUT2D eigenvalue weighted by atomic mass is 10.1. The number of carbonyl (C=O) groups excluding carboxylic acids is 1. The minimum atomic E-state index is -0.474. The van der Waals surface area contributed by atoms with E-state index in [2.05, 4.69) is 4.90 Å². The van der Waals surface area contributed by atoms with Gasteiger partial charge in [-0.1, -0.05) is 30.4 Å². The van der Waals surface area contributed by atoms with Gasteiger partial charge in [0.1, 0.15) is 4.99 Å². The van der Waals surface area contributed by atoms with Crippen molar-refractivity contribution in [2.75, 3.05) is 27.3 Å². The quantitative estimate of drug-likeness (QED) is 0.439. The Kier molecular flexibility index (Phi) is 6.29. The number of ether oxygens (including phenoxy) is 3. The summed E-state index contributed by atoms with van der Waals surface area (Å²) in [5, 5.41) is 0. The molecule has 1 aliphatic heterocycles. The molecule has 1 aliphatic rings. The Balaban J connectivity index is 1.90. The number of methoxy groups -OCH3 is 2. The van der Waals surface area contributed by atoms with Crippen molar-refractivity contribution in [3.8, 4) is 17.2 Å². The van der Waals surface area contributed by atoms with Crippen LogP contribution >= 0.6 is 12.2 Å². The zero-order chi connectivity index (χ0) is 19.2. The lowest BCUT2D eigenvalue weighted by molar-refractivity contribution is 0.0724. The maximum atomic E-state index is 12.4. The van der Waals surface area contributed by atoms with Crippen molar-refractivity contribution < 1.29 is 19.0 Å². The van der Waals surface area contributed by atoms with Gasteiger partial charge < -0.3 is 19.1 Å². The molecule has 0 aliphatic carbocycles. The summed E-state index contributed by atoms with van der Waals surface area (Å²) in [6, 6.07) is 12.4. The molecule has 2 aromatic carbocycles. The molecule has 5 nitrogen and oxygen atoms in total. The maximum absolute atomic E-state index is 12.4.